The largest absolute Gasteiger partial charge is 0.305 e. The van der Waals surface area contributed by atoms with Crippen molar-refractivity contribution in [2.75, 3.05) is 39.8 Å². The second-order valence-corrected chi connectivity index (χ2v) is 6.20. The van der Waals surface area contributed by atoms with E-state index >= 15 is 0 Å². The van der Waals surface area contributed by atoms with Crippen molar-refractivity contribution in [1.82, 2.24) is 9.80 Å². The SMILES string of the molecule is CC(C)CCN1CCC2(CC1)CN(C)C2. The van der Waals surface area contributed by atoms with Crippen LogP contribution in [0.5, 0.6) is 0 Å². The van der Waals surface area contributed by atoms with Gasteiger partial charge in [-0.25, -0.2) is 0 Å². The first-order valence-electron chi connectivity index (χ1n) is 6.51. The molecular formula is C13H26N2. The Bertz CT molecular complexity index is 197. The molecule has 2 aliphatic heterocycles. The zero-order valence-corrected chi connectivity index (χ0v) is 10.6. The molecule has 2 heterocycles. The molecule has 0 amide bonds. The Morgan fingerprint density at radius 1 is 1.13 bits per heavy atom. The number of likely N-dealkylation sites (tertiary alicyclic amines) is 2. The first kappa shape index (κ1) is 11.4. The lowest BCUT2D eigenvalue weighted by atomic mass is 9.72. The Morgan fingerprint density at radius 3 is 2.20 bits per heavy atom. The molecule has 2 nitrogen and oxygen atoms in total. The summed E-state index contributed by atoms with van der Waals surface area (Å²) in [7, 11) is 2.25. The van der Waals surface area contributed by atoms with Crippen molar-refractivity contribution >= 4 is 0 Å². The first-order chi connectivity index (χ1) is 7.10. The van der Waals surface area contributed by atoms with E-state index in [0.29, 0.717) is 0 Å². The third kappa shape index (κ3) is 2.73. The molecule has 2 heteroatoms. The third-order valence-electron chi connectivity index (χ3n) is 4.15. The molecule has 2 saturated heterocycles. The Morgan fingerprint density at radius 2 is 1.73 bits per heavy atom. The van der Waals surface area contributed by atoms with E-state index in [4.69, 9.17) is 0 Å². The molecule has 0 unspecified atom stereocenters. The minimum Gasteiger partial charge on any atom is -0.305 e. The van der Waals surface area contributed by atoms with Gasteiger partial charge < -0.3 is 9.80 Å². The molecule has 0 bridgehead atoms. The van der Waals surface area contributed by atoms with Gasteiger partial charge in [0.1, 0.15) is 0 Å². The van der Waals surface area contributed by atoms with Crippen LogP contribution in [0.25, 0.3) is 0 Å². The Balaban J connectivity index is 1.68. The average molecular weight is 210 g/mol. The number of hydrogen-bond acceptors (Lipinski definition) is 2. The van der Waals surface area contributed by atoms with E-state index in [1.165, 1.54) is 52.0 Å². The van der Waals surface area contributed by atoms with Gasteiger partial charge in [-0.2, -0.15) is 0 Å². The zero-order valence-electron chi connectivity index (χ0n) is 10.6. The Labute approximate surface area is 94.6 Å². The monoisotopic (exact) mass is 210 g/mol. The maximum Gasteiger partial charge on any atom is 0.00484 e. The van der Waals surface area contributed by atoms with Crippen LogP contribution in [0.2, 0.25) is 0 Å². The van der Waals surface area contributed by atoms with Gasteiger partial charge >= 0.3 is 0 Å². The minimum atomic E-state index is 0.725. The third-order valence-corrected chi connectivity index (χ3v) is 4.15. The highest BCUT2D eigenvalue weighted by molar-refractivity contribution is 4.96. The summed E-state index contributed by atoms with van der Waals surface area (Å²) in [5.74, 6) is 0.857. The molecular weight excluding hydrogens is 184 g/mol. The number of nitrogens with zero attached hydrogens (tertiary/aromatic N) is 2. The summed E-state index contributed by atoms with van der Waals surface area (Å²) in [5, 5.41) is 0. The van der Waals surface area contributed by atoms with Gasteiger partial charge in [0.05, 0.1) is 0 Å². The topological polar surface area (TPSA) is 6.48 Å². The maximum absolute atomic E-state index is 2.67. The average Bonchev–Trinajstić information content (AvgIpc) is 2.15. The van der Waals surface area contributed by atoms with Crippen molar-refractivity contribution in [3.63, 3.8) is 0 Å². The van der Waals surface area contributed by atoms with Crippen molar-refractivity contribution in [1.29, 1.82) is 0 Å². The van der Waals surface area contributed by atoms with Crippen LogP contribution in [0, 0.1) is 11.3 Å². The molecule has 0 N–H and O–H groups in total. The fourth-order valence-corrected chi connectivity index (χ4v) is 3.11. The summed E-state index contributed by atoms with van der Waals surface area (Å²) in [5.41, 5.74) is 0.725. The van der Waals surface area contributed by atoms with Gasteiger partial charge in [0.15, 0.2) is 0 Å². The lowest BCUT2D eigenvalue weighted by molar-refractivity contribution is -0.0318. The van der Waals surface area contributed by atoms with E-state index in [0.717, 1.165) is 11.3 Å². The van der Waals surface area contributed by atoms with Crippen molar-refractivity contribution in [3.8, 4) is 0 Å². The number of rotatable bonds is 3. The number of piperidine rings is 1. The Hall–Kier alpha value is -0.0800. The molecule has 2 rings (SSSR count). The van der Waals surface area contributed by atoms with E-state index in [1.807, 2.05) is 0 Å². The summed E-state index contributed by atoms with van der Waals surface area (Å²) >= 11 is 0. The predicted octanol–water partition coefficient (Wildman–Crippen LogP) is 2.06. The lowest BCUT2D eigenvalue weighted by Gasteiger charge is -2.53. The lowest BCUT2D eigenvalue weighted by Crippen LogP contribution is -2.58. The number of hydrogen-bond donors (Lipinski definition) is 0. The standard InChI is InChI=1S/C13H26N2/c1-12(2)4-7-15-8-5-13(6-9-15)10-14(3)11-13/h12H,4-11H2,1-3H3. The van der Waals surface area contributed by atoms with Gasteiger partial charge in [0, 0.05) is 13.1 Å². The van der Waals surface area contributed by atoms with Crippen LogP contribution in [-0.4, -0.2) is 49.6 Å². The molecule has 0 saturated carbocycles. The van der Waals surface area contributed by atoms with E-state index in [9.17, 15) is 0 Å². The summed E-state index contributed by atoms with van der Waals surface area (Å²) in [6.07, 6.45) is 4.25. The van der Waals surface area contributed by atoms with E-state index < -0.39 is 0 Å². The van der Waals surface area contributed by atoms with Crippen molar-refractivity contribution in [3.05, 3.63) is 0 Å². The van der Waals surface area contributed by atoms with Crippen LogP contribution in [0.15, 0.2) is 0 Å². The highest BCUT2D eigenvalue weighted by atomic mass is 15.2. The van der Waals surface area contributed by atoms with Crippen LogP contribution in [-0.2, 0) is 0 Å². The molecule has 0 aromatic heterocycles. The second-order valence-electron chi connectivity index (χ2n) is 6.20. The van der Waals surface area contributed by atoms with Gasteiger partial charge in [-0.3, -0.25) is 0 Å². The summed E-state index contributed by atoms with van der Waals surface area (Å²) in [6, 6.07) is 0. The molecule has 1 spiro atoms. The van der Waals surface area contributed by atoms with Crippen LogP contribution in [0.1, 0.15) is 33.1 Å². The second kappa shape index (κ2) is 4.42. The minimum absolute atomic E-state index is 0.725. The van der Waals surface area contributed by atoms with Gasteiger partial charge in [-0.05, 0) is 57.3 Å². The quantitative estimate of drug-likeness (QED) is 0.703. The van der Waals surface area contributed by atoms with Gasteiger partial charge in [0.25, 0.3) is 0 Å². The normalized spacial score (nSPS) is 27.2. The van der Waals surface area contributed by atoms with E-state index in [2.05, 4.69) is 30.7 Å². The smallest absolute Gasteiger partial charge is 0.00484 e. The van der Waals surface area contributed by atoms with E-state index in [-0.39, 0.29) is 0 Å². The van der Waals surface area contributed by atoms with Crippen molar-refractivity contribution in [2.24, 2.45) is 11.3 Å². The summed E-state index contributed by atoms with van der Waals surface area (Å²) in [4.78, 5) is 5.13. The van der Waals surface area contributed by atoms with Crippen molar-refractivity contribution in [2.45, 2.75) is 33.1 Å². The van der Waals surface area contributed by atoms with Gasteiger partial charge in [0.2, 0.25) is 0 Å². The molecule has 15 heavy (non-hydrogen) atoms. The molecule has 2 aliphatic rings. The van der Waals surface area contributed by atoms with Crippen LogP contribution in [0.4, 0.5) is 0 Å². The van der Waals surface area contributed by atoms with Crippen LogP contribution in [0.3, 0.4) is 0 Å². The molecule has 0 aliphatic carbocycles. The molecule has 0 atom stereocenters. The first-order valence-corrected chi connectivity index (χ1v) is 6.51. The Kier molecular flexibility index (Phi) is 3.36. The van der Waals surface area contributed by atoms with Crippen LogP contribution >= 0.6 is 0 Å². The van der Waals surface area contributed by atoms with E-state index in [1.54, 1.807) is 0 Å². The van der Waals surface area contributed by atoms with Gasteiger partial charge in [-0.15, -0.1) is 0 Å². The molecule has 2 fully saturated rings. The summed E-state index contributed by atoms with van der Waals surface area (Å²) in [6.45, 7) is 11.4. The predicted molar refractivity (Wildman–Crippen MR) is 65.1 cm³/mol. The summed E-state index contributed by atoms with van der Waals surface area (Å²) < 4.78 is 0. The van der Waals surface area contributed by atoms with Gasteiger partial charge in [-0.1, -0.05) is 13.8 Å². The maximum atomic E-state index is 2.67. The molecule has 0 radical (unpaired) electrons. The zero-order chi connectivity index (χ0) is 10.9. The highest BCUT2D eigenvalue weighted by Crippen LogP contribution is 2.39. The fraction of sp³-hybridized carbons (Fsp3) is 1.00. The van der Waals surface area contributed by atoms with Crippen LogP contribution < -0.4 is 0 Å². The molecule has 88 valence electrons. The fourth-order valence-electron chi connectivity index (χ4n) is 3.11. The molecule has 0 aromatic carbocycles. The van der Waals surface area contributed by atoms with Crippen molar-refractivity contribution < 1.29 is 0 Å². The molecule has 0 aromatic rings. The highest BCUT2D eigenvalue weighted by Gasteiger charge is 2.42.